The molecule has 0 aromatic heterocycles. The van der Waals surface area contributed by atoms with Gasteiger partial charge in [-0.1, -0.05) is 48.5 Å². The predicted molar refractivity (Wildman–Crippen MR) is 318 cm³/mol. The highest BCUT2D eigenvalue weighted by Crippen LogP contribution is 2.44. The lowest BCUT2D eigenvalue weighted by atomic mass is 9.98. The lowest BCUT2D eigenvalue weighted by Gasteiger charge is -2.28. The molecule has 34 heteroatoms. The first kappa shape index (κ1) is 72.5. The molecule has 88 heavy (non-hydrogen) atoms. The molecule has 3 rings (SSSR count). The van der Waals surface area contributed by atoms with E-state index in [0.717, 1.165) is 22.3 Å². The van der Waals surface area contributed by atoms with Crippen molar-refractivity contribution in [1.82, 2.24) is 42.5 Å². The van der Waals surface area contributed by atoms with Gasteiger partial charge in [0.15, 0.2) is 11.9 Å². The summed E-state index contributed by atoms with van der Waals surface area (Å²) in [6.07, 6.45) is -4.32. The summed E-state index contributed by atoms with van der Waals surface area (Å²) in [5, 5.41) is 47.7. The molecule has 0 bridgehead atoms. The molecule has 0 radical (unpaired) electrons. The summed E-state index contributed by atoms with van der Waals surface area (Å²) in [5.74, 6) is -14.6. The summed E-state index contributed by atoms with van der Waals surface area (Å²) in [6, 6.07) is 2.00. The Labute approximate surface area is 509 Å². The Morgan fingerprint density at radius 1 is 0.489 bits per heavy atom. The summed E-state index contributed by atoms with van der Waals surface area (Å²) >= 11 is 1.22. The Morgan fingerprint density at radius 2 is 0.864 bits per heavy atom. The Kier molecular flexibility index (Phi) is 30.4. The number of benzene rings is 2. The van der Waals surface area contributed by atoms with E-state index in [9.17, 15) is 77.6 Å². The number of aliphatic carboxylic acids is 3. The first-order valence-electron chi connectivity index (χ1n) is 27.7. The smallest absolute Gasteiger partial charge is 0.407 e. The fourth-order valence-electron chi connectivity index (χ4n) is 8.90. The van der Waals surface area contributed by atoms with E-state index in [1.165, 1.54) is 18.7 Å². The van der Waals surface area contributed by atoms with Gasteiger partial charge in [0.05, 0.1) is 6.42 Å². The highest BCUT2D eigenvalue weighted by molar-refractivity contribution is 7.98. The molecule has 0 fully saturated rings. The van der Waals surface area contributed by atoms with Crippen LogP contribution in [0.3, 0.4) is 0 Å². The minimum atomic E-state index is -1.75. The van der Waals surface area contributed by atoms with Gasteiger partial charge in [-0.15, -0.1) is 0 Å². The number of amides is 10. The maximum absolute atomic E-state index is 14.3. The zero-order chi connectivity index (χ0) is 65.6. The van der Waals surface area contributed by atoms with E-state index in [2.05, 4.69) is 52.5 Å². The highest BCUT2D eigenvalue weighted by atomic mass is 32.2. The second kappa shape index (κ2) is 36.9. The lowest BCUT2D eigenvalue weighted by Crippen LogP contribution is -2.60. The molecule has 1 aliphatic rings. The number of thioether (sulfide) groups is 1. The molecule has 0 heterocycles. The van der Waals surface area contributed by atoms with Crippen molar-refractivity contribution in [2.45, 2.75) is 138 Å². The minimum absolute atomic E-state index is 0.00265. The molecule has 8 atom stereocenters. The summed E-state index contributed by atoms with van der Waals surface area (Å²) in [6.45, 7) is 0.845. The maximum atomic E-state index is 14.3. The topological polar surface area (TPSA) is 569 Å². The molecule has 0 saturated carbocycles. The quantitative estimate of drug-likeness (QED) is 0.0172. The Balaban J connectivity index is 1.90. The van der Waals surface area contributed by atoms with Gasteiger partial charge in [0.25, 0.3) is 0 Å². The number of guanidine groups is 2. The summed E-state index contributed by atoms with van der Waals surface area (Å²) in [5.41, 5.74) is 36.0. The van der Waals surface area contributed by atoms with Crippen LogP contribution < -0.4 is 76.9 Å². The Hall–Kier alpha value is -9.76. The average molecular weight is 1260 g/mol. The Bertz CT molecular complexity index is 2860. The zero-order valence-electron chi connectivity index (χ0n) is 48.5. The summed E-state index contributed by atoms with van der Waals surface area (Å²) in [4.78, 5) is 178. The van der Waals surface area contributed by atoms with Gasteiger partial charge >= 0.3 is 24.0 Å². The zero-order valence-corrected chi connectivity index (χ0v) is 49.3. The number of nitrogens with two attached hydrogens (primary N) is 6. The number of carbonyl (C=O) groups is 13. The molecule has 2 aromatic rings. The van der Waals surface area contributed by atoms with Crippen molar-refractivity contribution < 1.29 is 82.4 Å². The number of nitrogens with zero attached hydrogens (tertiary/aromatic N) is 2. The molecule has 1 aliphatic carbocycles. The number of carbonyl (C=O) groups excluding carboxylic acids is 10. The number of ether oxygens (including phenoxy) is 1. The van der Waals surface area contributed by atoms with Crippen LogP contribution in [0.15, 0.2) is 58.5 Å². The molecule has 0 unspecified atom stereocenters. The van der Waals surface area contributed by atoms with Crippen molar-refractivity contribution in [2.24, 2.45) is 44.4 Å². The molecule has 0 aliphatic heterocycles. The van der Waals surface area contributed by atoms with Crippen LogP contribution in [0.4, 0.5) is 4.79 Å². The Morgan fingerprint density at radius 3 is 1.25 bits per heavy atom. The van der Waals surface area contributed by atoms with Crippen LogP contribution in [-0.4, -0.2) is 184 Å². The number of hydrogen-bond donors (Lipinski definition) is 17. The van der Waals surface area contributed by atoms with E-state index in [1.54, 1.807) is 6.26 Å². The van der Waals surface area contributed by atoms with Gasteiger partial charge in [-0.2, -0.15) is 11.8 Å². The van der Waals surface area contributed by atoms with Gasteiger partial charge in [-0.05, 0) is 92.6 Å². The standard InChI is InChI=1S/C54H78N16O17S/c1-27(44(77)69-39(51(84)85)25-41(56)72)63-45(78)33(13-7-22-61-52(57)58)64-46(79)34(14-8-23-62-53(59)60)65-47(80)35(15-18-40(55)71)66-50(83)38(21-24-88-2)68-48(81)36(16-19-42(73)74)67-49(82)37(17-20-43(75)76)70-54(86)87-26-32-30-11-5-3-9-28(30)29-10-4-6-12-31(29)32/h3-6,9-12,27,32-39H,7-8,13-26H2,1-2H3,(H2,55,71)(H2,56,72)(H,63,78)(H,64,79)(H,65,80)(H,66,83)(H,67,82)(H,68,81)(H,69,77)(H,70,86)(H,73,74)(H,75,76)(H,84,85)(H4,57,58,61)(H4,59,60,62)/t27-,33-,34-,35-,36-,37-,38-,39-/m0/s1. The van der Waals surface area contributed by atoms with E-state index in [4.69, 9.17) is 39.1 Å². The maximum Gasteiger partial charge on any atom is 0.407 e. The first-order chi connectivity index (χ1) is 41.6. The van der Waals surface area contributed by atoms with E-state index >= 15 is 0 Å². The van der Waals surface area contributed by atoms with Gasteiger partial charge in [-0.3, -0.25) is 62.7 Å². The predicted octanol–water partition coefficient (Wildman–Crippen LogP) is -3.88. The number of alkyl carbamates (subject to hydrolysis) is 1. The molecule has 23 N–H and O–H groups in total. The van der Waals surface area contributed by atoms with E-state index in [0.29, 0.717) is 0 Å². The molecule has 0 saturated heterocycles. The van der Waals surface area contributed by atoms with Gasteiger partial charge in [0.1, 0.15) is 54.9 Å². The molecule has 10 amide bonds. The van der Waals surface area contributed by atoms with Crippen LogP contribution in [0.1, 0.15) is 101 Å². The number of carboxylic acids is 3. The van der Waals surface area contributed by atoms with Gasteiger partial charge < -0.3 is 97.0 Å². The fourth-order valence-corrected chi connectivity index (χ4v) is 9.37. The normalized spacial score (nSPS) is 14.0. The number of rotatable bonds is 40. The molecule has 482 valence electrons. The number of primary amides is 2. The van der Waals surface area contributed by atoms with Crippen LogP contribution in [0.5, 0.6) is 0 Å². The third-order valence-corrected chi connectivity index (χ3v) is 14.0. The number of hydrogen-bond acceptors (Lipinski definition) is 17. The van der Waals surface area contributed by atoms with Crippen LogP contribution in [0.2, 0.25) is 0 Å². The minimum Gasteiger partial charge on any atom is -0.481 e. The van der Waals surface area contributed by atoms with E-state index in [1.807, 2.05) is 48.5 Å². The first-order valence-corrected chi connectivity index (χ1v) is 29.1. The molecule has 33 nitrogen and oxygen atoms in total. The highest BCUT2D eigenvalue weighted by Gasteiger charge is 2.36. The van der Waals surface area contributed by atoms with Crippen LogP contribution in [0.25, 0.3) is 11.1 Å². The van der Waals surface area contributed by atoms with E-state index in [-0.39, 0.29) is 69.5 Å². The molecular weight excluding hydrogens is 1180 g/mol. The second-order valence-electron chi connectivity index (χ2n) is 20.2. The van der Waals surface area contributed by atoms with Crippen LogP contribution in [-0.2, 0) is 62.3 Å². The van der Waals surface area contributed by atoms with Crippen molar-refractivity contribution in [3.63, 3.8) is 0 Å². The van der Waals surface area contributed by atoms with Crippen molar-refractivity contribution in [3.8, 4) is 11.1 Å². The van der Waals surface area contributed by atoms with Gasteiger partial charge in [0.2, 0.25) is 53.2 Å². The summed E-state index contributed by atoms with van der Waals surface area (Å²) in [7, 11) is 0. The number of aliphatic imine (C=N–C) groups is 2. The van der Waals surface area contributed by atoms with Crippen LogP contribution in [0, 0.1) is 0 Å². The van der Waals surface area contributed by atoms with Crippen molar-refractivity contribution in [1.29, 1.82) is 0 Å². The monoisotopic (exact) mass is 1250 g/mol. The number of nitrogens with one attached hydrogen (secondary N) is 8. The number of carboxylic acid groups (broad SMARTS) is 3. The van der Waals surface area contributed by atoms with Gasteiger partial charge in [-0.25, -0.2) is 9.59 Å². The number of fused-ring (bicyclic) bond motifs is 3. The van der Waals surface area contributed by atoms with Crippen molar-refractivity contribution in [3.05, 3.63) is 59.7 Å². The third kappa shape index (κ3) is 25.4. The summed E-state index contributed by atoms with van der Waals surface area (Å²) < 4.78 is 5.58. The molecule has 0 spiro atoms. The lowest BCUT2D eigenvalue weighted by molar-refractivity contribution is -0.143. The van der Waals surface area contributed by atoms with Gasteiger partial charge in [0, 0.05) is 38.3 Å². The second-order valence-corrected chi connectivity index (χ2v) is 21.2. The van der Waals surface area contributed by atoms with E-state index < -0.39 is 176 Å². The third-order valence-electron chi connectivity index (χ3n) is 13.4. The molecular formula is C54H78N16O17S. The SMILES string of the molecule is CSCC[C@H](NC(=O)[C@H](CCC(=O)O)NC(=O)[C@H](CCC(=O)O)NC(=O)OCC1c2ccccc2-c2ccccc21)C(=O)N[C@@H](CCC(N)=O)C(=O)N[C@@H](CCCN=C(N)N)C(=O)N[C@@H](CCCN=C(N)N)C(=O)N[C@@H](C)C(=O)N[C@@H](CC(N)=O)C(=O)O. The van der Waals surface area contributed by atoms with Crippen molar-refractivity contribution in [2.75, 3.05) is 31.7 Å². The van der Waals surface area contributed by atoms with Crippen molar-refractivity contribution >= 4 is 101 Å². The average Bonchev–Trinajstić information content (AvgIpc) is 2.20. The fraction of sp³-hybridized carbons (Fsp3) is 0.500. The largest absolute Gasteiger partial charge is 0.481 e. The van der Waals surface area contributed by atoms with Crippen LogP contribution >= 0.6 is 11.8 Å². The molecule has 2 aromatic carbocycles.